The van der Waals surface area contributed by atoms with E-state index in [2.05, 4.69) is 15.6 Å². The fourth-order valence-electron chi connectivity index (χ4n) is 4.48. The van der Waals surface area contributed by atoms with Crippen molar-refractivity contribution in [2.75, 3.05) is 28.7 Å². The zero-order chi connectivity index (χ0) is 29.4. The van der Waals surface area contributed by atoms with Crippen molar-refractivity contribution < 1.29 is 22.8 Å². The van der Waals surface area contributed by atoms with E-state index in [0.717, 1.165) is 22.6 Å². The maximum Gasteiger partial charge on any atom is 0.328 e. The Hall–Kier alpha value is -4.93. The van der Waals surface area contributed by atoms with Crippen LogP contribution in [-0.2, 0) is 6.54 Å². The topological polar surface area (TPSA) is 90.5 Å². The Labute approximate surface area is 234 Å². The van der Waals surface area contributed by atoms with Gasteiger partial charge < -0.3 is 15.5 Å². The Morgan fingerprint density at radius 1 is 1.00 bits per heavy atom. The lowest BCUT2D eigenvalue weighted by Crippen LogP contribution is -2.43. The number of benzene rings is 3. The molecule has 0 saturated carbocycles. The molecule has 0 unspecified atom stereocenters. The molecule has 0 atom stereocenters. The zero-order valence-electron chi connectivity index (χ0n) is 22.8. The highest BCUT2D eigenvalue weighted by atomic mass is 19.1. The number of aromatic nitrogens is 2. The molecule has 0 bridgehead atoms. The minimum absolute atomic E-state index is 0.00482. The summed E-state index contributed by atoms with van der Waals surface area (Å²) in [6.45, 7) is 5.87. The van der Waals surface area contributed by atoms with E-state index in [0.29, 0.717) is 34.6 Å². The maximum absolute atomic E-state index is 14.9. The summed E-state index contributed by atoms with van der Waals surface area (Å²) in [5.74, 6) is -2.55. The molecule has 3 aromatic carbocycles. The number of carbonyl (C=O) groups is 2. The van der Waals surface area contributed by atoms with Crippen LogP contribution in [-0.4, -0.2) is 35.5 Å². The van der Waals surface area contributed by atoms with Crippen molar-refractivity contribution in [3.63, 3.8) is 0 Å². The highest BCUT2D eigenvalue weighted by molar-refractivity contribution is 6.05. The fraction of sp³-hybridized carbons (Fsp3) is 0.200. The number of anilines is 4. The fourth-order valence-corrected chi connectivity index (χ4v) is 4.48. The van der Waals surface area contributed by atoms with Gasteiger partial charge in [-0.2, -0.15) is 4.98 Å². The van der Waals surface area contributed by atoms with Crippen molar-refractivity contribution in [3.8, 4) is 11.3 Å². The molecule has 0 aliphatic carbocycles. The quantitative estimate of drug-likeness (QED) is 0.291. The van der Waals surface area contributed by atoms with Gasteiger partial charge in [0.15, 0.2) is 5.82 Å². The van der Waals surface area contributed by atoms with Crippen LogP contribution < -0.4 is 20.4 Å². The average molecular weight is 561 g/mol. The number of nitrogens with zero attached hydrogens (tertiary/aromatic N) is 4. The van der Waals surface area contributed by atoms with Crippen LogP contribution in [0.25, 0.3) is 11.3 Å². The van der Waals surface area contributed by atoms with Crippen molar-refractivity contribution in [1.29, 1.82) is 0 Å². The monoisotopic (exact) mass is 560 g/mol. The minimum Gasteiger partial charge on any atom is -0.344 e. The van der Waals surface area contributed by atoms with E-state index >= 15 is 0 Å². The zero-order valence-corrected chi connectivity index (χ0v) is 22.8. The molecule has 8 nitrogen and oxygen atoms in total. The number of para-hydroxylation sites is 1. The van der Waals surface area contributed by atoms with Gasteiger partial charge in [0.05, 0.1) is 12.2 Å². The van der Waals surface area contributed by atoms with Crippen molar-refractivity contribution in [1.82, 2.24) is 15.3 Å². The molecule has 11 heteroatoms. The summed E-state index contributed by atoms with van der Waals surface area (Å²) < 4.78 is 43.9. The largest absolute Gasteiger partial charge is 0.344 e. The minimum atomic E-state index is -0.924. The molecule has 2 N–H and O–H groups in total. The van der Waals surface area contributed by atoms with E-state index in [-0.39, 0.29) is 23.9 Å². The first-order chi connectivity index (χ1) is 19.6. The third kappa shape index (κ3) is 5.18. The highest BCUT2D eigenvalue weighted by Crippen LogP contribution is 2.40. The standard InChI is InChI=1S/C30H27F3N6O2/c1-5-38(4)29-36-25(21-15-34-30(41)39(27(21)37-29)26-22(31)7-6-8-23(26)32)20-14-19(12-10-16(20)2)35-28(40)18-11-9-17(3)24(33)13-18/h6-14H,5,15H2,1-4H3,(H,34,41)(H,35,40). The number of halogens is 3. The van der Waals surface area contributed by atoms with E-state index in [1.165, 1.54) is 24.3 Å². The third-order valence-electron chi connectivity index (χ3n) is 6.97. The number of aryl methyl sites for hydroxylation is 2. The molecule has 1 aliphatic rings. The van der Waals surface area contributed by atoms with Gasteiger partial charge in [-0.1, -0.05) is 18.2 Å². The van der Waals surface area contributed by atoms with Gasteiger partial charge in [-0.15, -0.1) is 0 Å². The molecular weight excluding hydrogens is 533 g/mol. The number of hydrogen-bond acceptors (Lipinski definition) is 5. The second-order valence-corrected chi connectivity index (χ2v) is 9.70. The predicted molar refractivity (Wildman–Crippen MR) is 151 cm³/mol. The van der Waals surface area contributed by atoms with Gasteiger partial charge >= 0.3 is 6.03 Å². The van der Waals surface area contributed by atoms with E-state index in [9.17, 15) is 22.8 Å². The first-order valence-electron chi connectivity index (χ1n) is 12.9. The summed E-state index contributed by atoms with van der Waals surface area (Å²) in [5, 5.41) is 5.46. The van der Waals surface area contributed by atoms with Gasteiger partial charge in [-0.3, -0.25) is 4.79 Å². The van der Waals surface area contributed by atoms with Gasteiger partial charge in [0.25, 0.3) is 5.91 Å². The molecule has 41 heavy (non-hydrogen) atoms. The molecule has 3 amide bonds. The molecular formula is C30H27F3N6O2. The van der Waals surface area contributed by atoms with Crippen molar-refractivity contribution in [3.05, 3.63) is 94.3 Å². The molecule has 210 valence electrons. The number of urea groups is 1. The molecule has 0 spiro atoms. The SMILES string of the molecule is CCN(C)c1nc(-c2cc(NC(=O)c3ccc(C)c(F)c3)ccc2C)c2c(n1)N(c1c(F)cccc1F)C(=O)NC2. The number of nitrogens with one attached hydrogen (secondary N) is 2. The lowest BCUT2D eigenvalue weighted by molar-refractivity contribution is 0.102. The highest BCUT2D eigenvalue weighted by Gasteiger charge is 2.34. The third-order valence-corrected chi connectivity index (χ3v) is 6.97. The van der Waals surface area contributed by atoms with E-state index < -0.39 is 35.1 Å². The number of carbonyl (C=O) groups excluding carboxylic acids is 2. The Bertz CT molecular complexity index is 1670. The van der Waals surface area contributed by atoms with Crippen LogP contribution in [0.4, 0.5) is 41.1 Å². The number of hydrogen-bond donors (Lipinski definition) is 2. The summed E-state index contributed by atoms with van der Waals surface area (Å²) in [6, 6.07) is 12.1. The van der Waals surface area contributed by atoms with E-state index in [1.54, 1.807) is 37.1 Å². The molecule has 0 fully saturated rings. The Morgan fingerprint density at radius 3 is 2.39 bits per heavy atom. The lowest BCUT2D eigenvalue weighted by atomic mass is 9.99. The van der Waals surface area contributed by atoms with Crippen LogP contribution in [0.3, 0.4) is 0 Å². The molecule has 4 aromatic rings. The predicted octanol–water partition coefficient (Wildman–Crippen LogP) is 6.25. The van der Waals surface area contributed by atoms with Gasteiger partial charge in [-0.25, -0.2) is 27.8 Å². The molecule has 0 saturated heterocycles. The van der Waals surface area contributed by atoms with Crippen molar-refractivity contribution in [2.45, 2.75) is 27.3 Å². The van der Waals surface area contributed by atoms with Crippen LogP contribution in [0.5, 0.6) is 0 Å². The van der Waals surface area contributed by atoms with E-state index in [4.69, 9.17) is 4.98 Å². The van der Waals surface area contributed by atoms with Crippen LogP contribution in [0.2, 0.25) is 0 Å². The molecule has 2 heterocycles. The van der Waals surface area contributed by atoms with Crippen molar-refractivity contribution >= 4 is 35.1 Å². The van der Waals surface area contributed by atoms with Gasteiger partial charge in [0.2, 0.25) is 5.95 Å². The number of rotatable bonds is 6. The van der Waals surface area contributed by atoms with Gasteiger partial charge in [-0.05, 0) is 68.3 Å². The van der Waals surface area contributed by atoms with E-state index in [1.807, 2.05) is 13.8 Å². The average Bonchev–Trinajstić information content (AvgIpc) is 2.95. The summed E-state index contributed by atoms with van der Waals surface area (Å²) in [6.07, 6.45) is 0. The van der Waals surface area contributed by atoms with Gasteiger partial charge in [0.1, 0.15) is 23.1 Å². The number of amides is 3. The van der Waals surface area contributed by atoms with Crippen LogP contribution in [0.15, 0.2) is 54.6 Å². The summed E-state index contributed by atoms with van der Waals surface area (Å²) in [5.41, 5.74) is 2.71. The molecule has 1 aromatic heterocycles. The second-order valence-electron chi connectivity index (χ2n) is 9.70. The Morgan fingerprint density at radius 2 is 1.71 bits per heavy atom. The van der Waals surface area contributed by atoms with Crippen LogP contribution in [0, 0.1) is 31.3 Å². The first-order valence-corrected chi connectivity index (χ1v) is 12.9. The lowest BCUT2D eigenvalue weighted by Gasteiger charge is -2.31. The van der Waals surface area contributed by atoms with Gasteiger partial charge in [0, 0.05) is 36.0 Å². The van der Waals surface area contributed by atoms with Crippen LogP contribution in [0.1, 0.15) is 34.0 Å². The Kier molecular flexibility index (Phi) is 7.36. The van der Waals surface area contributed by atoms with Crippen molar-refractivity contribution in [2.24, 2.45) is 0 Å². The Balaban J connectivity index is 1.65. The molecule has 0 radical (unpaired) electrons. The summed E-state index contributed by atoms with van der Waals surface area (Å²) >= 11 is 0. The second kappa shape index (κ2) is 10.9. The smallest absolute Gasteiger partial charge is 0.328 e. The first kappa shape index (κ1) is 27.6. The normalized spacial score (nSPS) is 12.6. The number of fused-ring (bicyclic) bond motifs is 1. The maximum atomic E-state index is 14.9. The van der Waals surface area contributed by atoms with Crippen LogP contribution >= 0.6 is 0 Å². The summed E-state index contributed by atoms with van der Waals surface area (Å²) in [7, 11) is 1.76. The summed E-state index contributed by atoms with van der Waals surface area (Å²) in [4.78, 5) is 37.9. The molecule has 1 aliphatic heterocycles. The molecule has 5 rings (SSSR count).